The average molecular weight is 231 g/mol. The summed E-state index contributed by atoms with van der Waals surface area (Å²) in [6.07, 6.45) is 0.0314. The van der Waals surface area contributed by atoms with Crippen LogP contribution < -0.4 is 10.9 Å². The highest BCUT2D eigenvalue weighted by Crippen LogP contribution is 2.13. The van der Waals surface area contributed by atoms with Gasteiger partial charge in [-0.15, -0.1) is 0 Å². The third kappa shape index (κ3) is 7.02. The van der Waals surface area contributed by atoms with Gasteiger partial charge in [0.2, 0.25) is 0 Å². The molecule has 0 aromatic heterocycles. The number of hydrogen-bond donors (Lipinski definition) is 2. The number of carbonyl (C=O) groups excluding carboxylic acids is 1. The van der Waals surface area contributed by atoms with Crippen LogP contribution >= 0.6 is 0 Å². The van der Waals surface area contributed by atoms with Crippen LogP contribution in [0.5, 0.6) is 0 Å². The Kier molecular flexibility index (Phi) is 5.94. The van der Waals surface area contributed by atoms with E-state index in [1.807, 2.05) is 12.5 Å². The van der Waals surface area contributed by atoms with Crippen molar-refractivity contribution in [3.63, 3.8) is 0 Å². The third-order valence-corrected chi connectivity index (χ3v) is 2.42. The van der Waals surface area contributed by atoms with Crippen molar-refractivity contribution in [3.05, 3.63) is 0 Å². The maximum absolute atomic E-state index is 11.6. The molecule has 0 saturated carbocycles. The SMILES string of the molecule is C[S+](C)CCCNNC(=O)C(F)(F)F. The summed E-state index contributed by atoms with van der Waals surface area (Å²) < 4.78 is 34.9. The Morgan fingerprint density at radius 2 is 1.93 bits per heavy atom. The molecule has 0 aromatic rings. The molecular formula is C7H14F3N2OS+. The highest BCUT2D eigenvalue weighted by atomic mass is 32.2. The number of halogens is 3. The van der Waals surface area contributed by atoms with Gasteiger partial charge in [-0.2, -0.15) is 13.2 Å². The first-order valence-electron chi connectivity index (χ1n) is 3.98. The molecule has 0 bridgehead atoms. The Hall–Kier alpha value is -0.430. The lowest BCUT2D eigenvalue weighted by atomic mass is 10.5. The number of nitrogens with one attached hydrogen (secondary N) is 2. The molecule has 0 saturated heterocycles. The Balaban J connectivity index is 3.42. The topological polar surface area (TPSA) is 41.1 Å². The smallest absolute Gasteiger partial charge is 0.284 e. The lowest BCUT2D eigenvalue weighted by Crippen LogP contribution is -2.45. The molecule has 0 fully saturated rings. The van der Waals surface area contributed by atoms with Crippen molar-refractivity contribution in [2.24, 2.45) is 0 Å². The number of alkyl halides is 3. The zero-order valence-corrected chi connectivity index (χ0v) is 8.89. The molecule has 1 amide bonds. The molecule has 0 atom stereocenters. The standard InChI is InChI=1S/C7H13F3N2OS/c1-14(2)5-3-4-11-12-6(13)7(8,9)10/h11H,3-5H2,1-2H3/p+1. The van der Waals surface area contributed by atoms with Crippen molar-refractivity contribution in [1.82, 2.24) is 10.9 Å². The molecule has 0 aliphatic carbocycles. The first kappa shape index (κ1) is 13.6. The molecule has 14 heavy (non-hydrogen) atoms. The Morgan fingerprint density at radius 3 is 2.36 bits per heavy atom. The normalized spacial score (nSPS) is 11.9. The first-order valence-corrected chi connectivity index (χ1v) is 6.19. The van der Waals surface area contributed by atoms with E-state index in [9.17, 15) is 18.0 Å². The van der Waals surface area contributed by atoms with E-state index >= 15 is 0 Å². The minimum atomic E-state index is -4.81. The molecule has 0 spiro atoms. The molecule has 0 aromatic carbocycles. The second-order valence-corrected chi connectivity index (χ2v) is 5.30. The van der Waals surface area contributed by atoms with Crippen molar-refractivity contribution in [3.8, 4) is 0 Å². The summed E-state index contributed by atoms with van der Waals surface area (Å²) in [6, 6.07) is 0. The molecule has 0 heterocycles. The van der Waals surface area contributed by atoms with E-state index in [1.54, 1.807) is 5.43 Å². The van der Waals surface area contributed by atoms with Gasteiger partial charge in [0.25, 0.3) is 0 Å². The molecule has 84 valence electrons. The lowest BCUT2D eigenvalue weighted by molar-refractivity contribution is -0.174. The van der Waals surface area contributed by atoms with E-state index in [0.717, 1.165) is 12.2 Å². The second-order valence-electron chi connectivity index (χ2n) is 2.92. The minimum Gasteiger partial charge on any atom is -0.284 e. The zero-order chi connectivity index (χ0) is 11.2. The number of hydrazine groups is 1. The van der Waals surface area contributed by atoms with Crippen LogP contribution in [-0.4, -0.2) is 36.9 Å². The molecule has 7 heteroatoms. The summed E-state index contributed by atoms with van der Waals surface area (Å²) in [7, 11) is 0.278. The summed E-state index contributed by atoms with van der Waals surface area (Å²) in [4.78, 5) is 10.3. The Labute approximate surface area is 83.7 Å². The van der Waals surface area contributed by atoms with Gasteiger partial charge in [-0.05, 0) is 10.9 Å². The van der Waals surface area contributed by atoms with Crippen LogP contribution in [0.4, 0.5) is 13.2 Å². The summed E-state index contributed by atoms with van der Waals surface area (Å²) in [6.45, 7) is 0.354. The predicted molar refractivity (Wildman–Crippen MR) is 50.9 cm³/mol. The maximum atomic E-state index is 11.6. The van der Waals surface area contributed by atoms with Crippen LogP contribution in [0, 0.1) is 0 Å². The Morgan fingerprint density at radius 1 is 1.36 bits per heavy atom. The van der Waals surface area contributed by atoms with Crippen molar-refractivity contribution in [2.45, 2.75) is 12.6 Å². The van der Waals surface area contributed by atoms with E-state index in [1.165, 1.54) is 0 Å². The average Bonchev–Trinajstić information content (AvgIpc) is 2.01. The first-order chi connectivity index (χ1) is 6.34. The molecular weight excluding hydrogens is 217 g/mol. The maximum Gasteiger partial charge on any atom is 0.472 e. The van der Waals surface area contributed by atoms with Crippen LogP contribution in [0.15, 0.2) is 0 Å². The zero-order valence-electron chi connectivity index (χ0n) is 8.07. The molecule has 0 rings (SSSR count). The predicted octanol–water partition coefficient (Wildman–Crippen LogP) is 0.438. The van der Waals surface area contributed by atoms with E-state index < -0.39 is 12.1 Å². The quantitative estimate of drug-likeness (QED) is 0.409. The highest BCUT2D eigenvalue weighted by molar-refractivity contribution is 7.95. The lowest BCUT2D eigenvalue weighted by Gasteiger charge is -2.08. The highest BCUT2D eigenvalue weighted by Gasteiger charge is 2.38. The molecule has 3 nitrogen and oxygen atoms in total. The van der Waals surface area contributed by atoms with E-state index in [0.29, 0.717) is 6.54 Å². The monoisotopic (exact) mass is 231 g/mol. The fourth-order valence-corrected chi connectivity index (χ4v) is 1.38. The van der Waals surface area contributed by atoms with Crippen molar-refractivity contribution < 1.29 is 18.0 Å². The number of amides is 1. The molecule has 0 radical (unpaired) electrons. The van der Waals surface area contributed by atoms with Crippen LogP contribution in [0.1, 0.15) is 6.42 Å². The minimum absolute atomic E-state index is 0.278. The second kappa shape index (κ2) is 6.13. The van der Waals surface area contributed by atoms with Gasteiger partial charge < -0.3 is 0 Å². The number of hydrogen-bond acceptors (Lipinski definition) is 2. The van der Waals surface area contributed by atoms with Crippen LogP contribution in [0.2, 0.25) is 0 Å². The van der Waals surface area contributed by atoms with Gasteiger partial charge in [-0.1, -0.05) is 0 Å². The molecule has 0 aliphatic rings. The summed E-state index contributed by atoms with van der Waals surface area (Å²) in [5.74, 6) is -1.01. The van der Waals surface area contributed by atoms with E-state index in [-0.39, 0.29) is 10.9 Å². The summed E-state index contributed by atoms with van der Waals surface area (Å²) >= 11 is 0. The van der Waals surface area contributed by atoms with Gasteiger partial charge in [0.05, 0.1) is 12.5 Å². The van der Waals surface area contributed by atoms with Gasteiger partial charge >= 0.3 is 12.1 Å². The van der Waals surface area contributed by atoms with E-state index in [2.05, 4.69) is 5.43 Å². The summed E-state index contributed by atoms with van der Waals surface area (Å²) in [5.41, 5.74) is 3.82. The number of rotatable bonds is 5. The van der Waals surface area contributed by atoms with Crippen molar-refractivity contribution in [2.75, 3.05) is 24.8 Å². The fraction of sp³-hybridized carbons (Fsp3) is 0.857. The molecule has 2 N–H and O–H groups in total. The van der Waals surface area contributed by atoms with Crippen LogP contribution in [-0.2, 0) is 15.7 Å². The molecule has 0 aliphatic heterocycles. The van der Waals surface area contributed by atoms with Gasteiger partial charge in [-0.25, -0.2) is 5.43 Å². The number of carbonyl (C=O) groups is 1. The summed E-state index contributed by atoms with van der Waals surface area (Å²) in [5, 5.41) is 0. The van der Waals surface area contributed by atoms with Gasteiger partial charge in [0, 0.05) is 13.0 Å². The largest absolute Gasteiger partial charge is 0.472 e. The van der Waals surface area contributed by atoms with Gasteiger partial charge in [0.15, 0.2) is 0 Å². The Bertz CT molecular complexity index is 184. The van der Waals surface area contributed by atoms with Crippen molar-refractivity contribution in [1.29, 1.82) is 0 Å². The fourth-order valence-electron chi connectivity index (χ4n) is 0.663. The van der Waals surface area contributed by atoms with Crippen molar-refractivity contribution >= 4 is 16.8 Å². The van der Waals surface area contributed by atoms with Crippen LogP contribution in [0.25, 0.3) is 0 Å². The van der Waals surface area contributed by atoms with E-state index in [4.69, 9.17) is 0 Å². The molecule has 0 unspecified atom stereocenters. The van der Waals surface area contributed by atoms with Crippen LogP contribution in [0.3, 0.4) is 0 Å². The third-order valence-electron chi connectivity index (χ3n) is 1.31. The van der Waals surface area contributed by atoms with Gasteiger partial charge in [0.1, 0.15) is 5.75 Å². The van der Waals surface area contributed by atoms with Gasteiger partial charge in [-0.3, -0.25) is 10.2 Å².